The average Bonchev–Trinajstić information content (AvgIpc) is 2.50. The van der Waals surface area contributed by atoms with E-state index in [4.69, 9.17) is 9.47 Å². The van der Waals surface area contributed by atoms with Crippen LogP contribution in [-0.4, -0.2) is 28.4 Å². The lowest BCUT2D eigenvalue weighted by Gasteiger charge is -2.28. The Kier molecular flexibility index (Phi) is 6.12. The Bertz CT molecular complexity index is 813. The molecule has 1 fully saturated rings. The quantitative estimate of drug-likeness (QED) is 0.264. The van der Waals surface area contributed by atoms with Gasteiger partial charge in [-0.15, -0.1) is 0 Å². The summed E-state index contributed by atoms with van der Waals surface area (Å²) in [6.07, 6.45) is 2.55. The molecule has 150 valence electrons. The molecule has 1 aliphatic rings. The summed E-state index contributed by atoms with van der Waals surface area (Å²) >= 11 is 0. The van der Waals surface area contributed by atoms with E-state index < -0.39 is 11.8 Å². The number of hydrogen-bond acceptors (Lipinski definition) is 6. The number of aliphatic hydroxyl groups excluding tert-OH is 1. The highest BCUT2D eigenvalue weighted by Gasteiger charge is 2.37. The van der Waals surface area contributed by atoms with Crippen LogP contribution in [-0.2, 0) is 14.3 Å². The van der Waals surface area contributed by atoms with Gasteiger partial charge in [0.05, 0.1) is 0 Å². The molecular weight excluding hydrogens is 360 g/mol. The summed E-state index contributed by atoms with van der Waals surface area (Å²) in [4.78, 5) is 36.0. The van der Waals surface area contributed by atoms with Crippen LogP contribution in [0.5, 0.6) is 5.75 Å². The first kappa shape index (κ1) is 21.4. The molecule has 6 heteroatoms. The van der Waals surface area contributed by atoms with Gasteiger partial charge in [-0.3, -0.25) is 9.59 Å². The lowest BCUT2D eigenvalue weighted by molar-refractivity contribution is -0.127. The number of rotatable bonds is 3. The molecule has 28 heavy (non-hydrogen) atoms. The van der Waals surface area contributed by atoms with Crippen LogP contribution in [0.2, 0.25) is 0 Å². The van der Waals surface area contributed by atoms with Crippen LogP contribution in [0, 0.1) is 5.41 Å². The minimum atomic E-state index is -0.796. The monoisotopic (exact) mass is 386 g/mol. The second-order valence-corrected chi connectivity index (χ2v) is 8.59. The van der Waals surface area contributed by atoms with E-state index in [2.05, 4.69) is 0 Å². The molecule has 1 aromatic rings. The van der Waals surface area contributed by atoms with Crippen molar-refractivity contribution in [3.05, 3.63) is 47.2 Å². The molecule has 0 atom stereocenters. The Hall–Kier alpha value is -2.89. The summed E-state index contributed by atoms with van der Waals surface area (Å²) in [5.41, 5.74) is -0.472. The average molecular weight is 386 g/mol. The third-order valence-electron chi connectivity index (χ3n) is 4.00. The van der Waals surface area contributed by atoms with E-state index in [0.29, 0.717) is 11.3 Å². The molecule has 1 aliphatic carbocycles. The van der Waals surface area contributed by atoms with Crippen LogP contribution in [0.25, 0.3) is 6.08 Å². The van der Waals surface area contributed by atoms with E-state index in [1.165, 1.54) is 6.08 Å². The van der Waals surface area contributed by atoms with Crippen molar-refractivity contribution >= 4 is 23.8 Å². The zero-order valence-corrected chi connectivity index (χ0v) is 16.9. The van der Waals surface area contributed by atoms with Crippen LogP contribution < -0.4 is 4.74 Å². The fourth-order valence-corrected chi connectivity index (χ4v) is 2.82. The van der Waals surface area contributed by atoms with Gasteiger partial charge < -0.3 is 14.6 Å². The van der Waals surface area contributed by atoms with Crippen molar-refractivity contribution in [3.8, 4) is 5.75 Å². The topological polar surface area (TPSA) is 89.9 Å². The lowest BCUT2D eigenvalue weighted by atomic mass is 9.74. The molecule has 1 aromatic carbocycles. The molecule has 0 amide bonds. The second-order valence-electron chi connectivity index (χ2n) is 8.59. The molecule has 1 N–H and O–H groups in total. The summed E-state index contributed by atoms with van der Waals surface area (Å²) < 4.78 is 10.2. The van der Waals surface area contributed by atoms with Crippen LogP contribution in [0.3, 0.4) is 0 Å². The van der Waals surface area contributed by atoms with Crippen molar-refractivity contribution < 1.29 is 29.0 Å². The number of Topliss-reactive ketones (excluding diaryl/α,β-unsaturated/α-hetero) is 2. The molecule has 0 aliphatic heterocycles. The largest absolute Gasteiger partial charge is 0.514 e. The zero-order chi connectivity index (χ0) is 21.1. The maximum Gasteiger partial charge on any atom is 0.514 e. The number of carbonyl (C=O) groups excluding carboxylic acids is 3. The number of ether oxygens (including phenoxy) is 2. The third kappa shape index (κ3) is 6.08. The predicted octanol–water partition coefficient (Wildman–Crippen LogP) is 4.78. The van der Waals surface area contributed by atoms with Gasteiger partial charge in [-0.2, -0.15) is 0 Å². The van der Waals surface area contributed by atoms with Gasteiger partial charge in [0.15, 0.2) is 11.6 Å². The van der Waals surface area contributed by atoms with Gasteiger partial charge in [-0.05, 0) is 50.0 Å². The molecule has 0 unspecified atom stereocenters. The molecule has 0 aromatic heterocycles. The van der Waals surface area contributed by atoms with Gasteiger partial charge in [0.2, 0.25) is 0 Å². The molecule has 0 bridgehead atoms. The van der Waals surface area contributed by atoms with Gasteiger partial charge in [0.1, 0.15) is 22.7 Å². The molecule has 6 nitrogen and oxygen atoms in total. The maximum absolute atomic E-state index is 12.2. The number of allylic oxidation sites excluding steroid dienone is 2. The van der Waals surface area contributed by atoms with Crippen molar-refractivity contribution in [1.29, 1.82) is 0 Å². The number of benzene rings is 1. The first-order valence-corrected chi connectivity index (χ1v) is 9.05. The Morgan fingerprint density at radius 2 is 1.61 bits per heavy atom. The Labute approximate surface area is 164 Å². The van der Waals surface area contributed by atoms with E-state index >= 15 is 0 Å². The van der Waals surface area contributed by atoms with E-state index in [1.54, 1.807) is 51.1 Å². The van der Waals surface area contributed by atoms with Crippen molar-refractivity contribution in [2.24, 2.45) is 5.41 Å². The number of aliphatic hydroxyl groups is 1. The van der Waals surface area contributed by atoms with E-state index in [1.807, 2.05) is 13.8 Å². The highest BCUT2D eigenvalue weighted by atomic mass is 16.7. The molecule has 0 heterocycles. The van der Waals surface area contributed by atoms with E-state index in [0.717, 1.165) is 0 Å². The fourth-order valence-electron chi connectivity index (χ4n) is 2.82. The summed E-state index contributed by atoms with van der Waals surface area (Å²) in [7, 11) is 0. The Balaban J connectivity index is 2.07. The number of hydrogen-bond donors (Lipinski definition) is 1. The van der Waals surface area contributed by atoms with Crippen LogP contribution >= 0.6 is 0 Å². The summed E-state index contributed by atoms with van der Waals surface area (Å²) in [6.45, 7) is 8.94. The fraction of sp³-hybridized carbons (Fsp3) is 0.409. The van der Waals surface area contributed by atoms with Crippen LogP contribution in [0.4, 0.5) is 4.79 Å². The van der Waals surface area contributed by atoms with Gasteiger partial charge >= 0.3 is 6.16 Å². The first-order valence-electron chi connectivity index (χ1n) is 9.05. The summed E-state index contributed by atoms with van der Waals surface area (Å²) in [5, 5.41) is 10.2. The van der Waals surface area contributed by atoms with E-state index in [-0.39, 0.29) is 41.2 Å². The Morgan fingerprint density at radius 3 is 2.11 bits per heavy atom. The lowest BCUT2D eigenvalue weighted by Crippen LogP contribution is -2.32. The second kappa shape index (κ2) is 8.00. The molecule has 0 spiro atoms. The number of ketones is 2. The normalized spacial score (nSPS) is 17.0. The number of carbonyl (C=O) groups is 3. The highest BCUT2D eigenvalue weighted by molar-refractivity contribution is 6.22. The molecule has 1 saturated carbocycles. The predicted molar refractivity (Wildman–Crippen MR) is 105 cm³/mol. The zero-order valence-electron chi connectivity index (χ0n) is 16.9. The maximum atomic E-state index is 12.2. The smallest absolute Gasteiger partial charge is 0.507 e. The van der Waals surface area contributed by atoms with Gasteiger partial charge in [0.25, 0.3) is 0 Å². The SMILES string of the molecule is CC1(C)CC(=O)C(=C(O)/C=C/c2ccc(OC(=O)OC(C)(C)C)cc2)C(=O)C1. The molecule has 0 saturated heterocycles. The highest BCUT2D eigenvalue weighted by Crippen LogP contribution is 2.34. The van der Waals surface area contributed by atoms with Crippen molar-refractivity contribution in [2.75, 3.05) is 0 Å². The van der Waals surface area contributed by atoms with Crippen molar-refractivity contribution in [2.45, 2.75) is 53.1 Å². The van der Waals surface area contributed by atoms with Crippen LogP contribution in [0.15, 0.2) is 41.7 Å². The van der Waals surface area contributed by atoms with E-state index in [9.17, 15) is 19.5 Å². The first-order chi connectivity index (χ1) is 12.9. The molecular formula is C22H26O6. The van der Waals surface area contributed by atoms with Crippen molar-refractivity contribution in [1.82, 2.24) is 0 Å². The van der Waals surface area contributed by atoms with Crippen LogP contribution in [0.1, 0.15) is 53.0 Å². The standard InChI is InChI=1S/C22H26O6/c1-21(2,3)28-20(26)27-15-9-6-14(7-10-15)8-11-16(23)19-17(24)12-22(4,5)13-18(19)25/h6-11,23H,12-13H2,1-5H3/b11-8+. The summed E-state index contributed by atoms with van der Waals surface area (Å²) in [5.74, 6) is -0.706. The van der Waals surface area contributed by atoms with Crippen molar-refractivity contribution in [3.63, 3.8) is 0 Å². The minimum absolute atomic E-state index is 0.138. The van der Waals surface area contributed by atoms with Gasteiger partial charge in [0, 0.05) is 12.8 Å². The summed E-state index contributed by atoms with van der Waals surface area (Å²) in [6, 6.07) is 6.49. The Morgan fingerprint density at radius 1 is 1.07 bits per heavy atom. The molecule has 0 radical (unpaired) electrons. The van der Waals surface area contributed by atoms with Gasteiger partial charge in [-0.1, -0.05) is 32.1 Å². The minimum Gasteiger partial charge on any atom is -0.507 e. The van der Waals surface area contributed by atoms with Gasteiger partial charge in [-0.25, -0.2) is 4.79 Å². The molecule has 2 rings (SSSR count). The third-order valence-corrected chi connectivity index (χ3v) is 4.00.